The zero-order valence-corrected chi connectivity index (χ0v) is 15.9. The number of halogens is 1. The van der Waals surface area contributed by atoms with Crippen LogP contribution < -0.4 is 15.7 Å². The summed E-state index contributed by atoms with van der Waals surface area (Å²) in [5, 5.41) is 3.00. The molecule has 0 radical (unpaired) electrons. The van der Waals surface area contributed by atoms with E-state index in [9.17, 15) is 14.4 Å². The van der Waals surface area contributed by atoms with E-state index in [1.165, 1.54) is 6.92 Å². The van der Waals surface area contributed by atoms with Gasteiger partial charge in [-0.1, -0.05) is 17.7 Å². The van der Waals surface area contributed by atoms with Crippen LogP contribution in [0, 0.1) is 6.92 Å². The van der Waals surface area contributed by atoms with Crippen molar-refractivity contribution in [3.05, 3.63) is 57.5 Å². The van der Waals surface area contributed by atoms with Crippen molar-refractivity contribution in [1.82, 2.24) is 9.97 Å². The van der Waals surface area contributed by atoms with Gasteiger partial charge in [-0.15, -0.1) is 0 Å². The van der Waals surface area contributed by atoms with E-state index in [2.05, 4.69) is 15.3 Å². The topological polar surface area (TPSA) is 113 Å². The Labute approximate surface area is 164 Å². The Bertz CT molecular complexity index is 1090. The van der Waals surface area contributed by atoms with Crippen molar-refractivity contribution >= 4 is 40.2 Å². The lowest BCUT2D eigenvalue weighted by Gasteiger charge is -2.14. The third-order valence-electron chi connectivity index (χ3n) is 3.89. The molecule has 1 aromatic heterocycles. The highest BCUT2D eigenvalue weighted by atomic mass is 35.5. The SMILES string of the molecule is Cc1ccc(Cl)c(OCC(=O)O[C@@H](C)C(=O)Nc2ccc3[nH]c(=O)[nH]c3c2)c1. The molecule has 9 heteroatoms. The summed E-state index contributed by atoms with van der Waals surface area (Å²) < 4.78 is 10.4. The highest BCUT2D eigenvalue weighted by molar-refractivity contribution is 6.32. The first-order valence-corrected chi connectivity index (χ1v) is 8.81. The first-order valence-electron chi connectivity index (χ1n) is 8.43. The number of amides is 1. The first-order chi connectivity index (χ1) is 13.3. The van der Waals surface area contributed by atoms with Crippen LogP contribution in [-0.4, -0.2) is 34.6 Å². The number of anilines is 1. The normalized spacial score (nSPS) is 11.8. The summed E-state index contributed by atoms with van der Waals surface area (Å²) in [6.07, 6.45) is -1.04. The summed E-state index contributed by atoms with van der Waals surface area (Å²) >= 11 is 6.00. The Morgan fingerprint density at radius 2 is 1.89 bits per heavy atom. The molecule has 0 spiro atoms. The van der Waals surface area contributed by atoms with E-state index < -0.39 is 18.0 Å². The molecule has 0 saturated heterocycles. The molecule has 1 amide bonds. The fraction of sp³-hybridized carbons (Fsp3) is 0.211. The molecule has 0 bridgehead atoms. The third-order valence-corrected chi connectivity index (χ3v) is 4.21. The highest BCUT2D eigenvalue weighted by Gasteiger charge is 2.19. The van der Waals surface area contributed by atoms with E-state index in [1.54, 1.807) is 30.3 Å². The number of aromatic nitrogens is 2. The van der Waals surface area contributed by atoms with Gasteiger partial charge in [-0.2, -0.15) is 0 Å². The molecule has 28 heavy (non-hydrogen) atoms. The Morgan fingerprint density at radius 3 is 2.68 bits per heavy atom. The molecule has 8 nitrogen and oxygen atoms in total. The van der Waals surface area contributed by atoms with Crippen molar-refractivity contribution in [3.63, 3.8) is 0 Å². The molecule has 0 aliphatic heterocycles. The van der Waals surface area contributed by atoms with Crippen LogP contribution in [0.5, 0.6) is 5.75 Å². The minimum atomic E-state index is -1.04. The van der Waals surface area contributed by atoms with Crippen molar-refractivity contribution in [3.8, 4) is 5.75 Å². The minimum absolute atomic E-state index is 0.338. The molecule has 1 atom stereocenters. The van der Waals surface area contributed by atoms with Gasteiger partial charge in [0.15, 0.2) is 12.7 Å². The van der Waals surface area contributed by atoms with Crippen LogP contribution in [0.3, 0.4) is 0 Å². The summed E-state index contributed by atoms with van der Waals surface area (Å²) in [7, 11) is 0. The van der Waals surface area contributed by atoms with Gasteiger partial charge in [0.25, 0.3) is 5.91 Å². The number of imidazole rings is 1. The smallest absolute Gasteiger partial charge is 0.344 e. The third kappa shape index (κ3) is 4.72. The van der Waals surface area contributed by atoms with E-state index in [4.69, 9.17) is 21.1 Å². The molecule has 0 saturated carbocycles. The van der Waals surface area contributed by atoms with Gasteiger partial charge >= 0.3 is 11.7 Å². The number of aromatic amines is 2. The molecule has 0 unspecified atom stereocenters. The Hall–Kier alpha value is -3.26. The summed E-state index contributed by atoms with van der Waals surface area (Å²) in [6.45, 7) is 2.94. The van der Waals surface area contributed by atoms with Crippen molar-refractivity contribution in [1.29, 1.82) is 0 Å². The zero-order chi connectivity index (χ0) is 20.3. The lowest BCUT2D eigenvalue weighted by Crippen LogP contribution is -2.31. The highest BCUT2D eigenvalue weighted by Crippen LogP contribution is 2.25. The second-order valence-electron chi connectivity index (χ2n) is 6.18. The van der Waals surface area contributed by atoms with E-state index in [1.807, 2.05) is 13.0 Å². The van der Waals surface area contributed by atoms with Crippen LogP contribution in [0.2, 0.25) is 5.02 Å². The lowest BCUT2D eigenvalue weighted by atomic mass is 10.2. The average Bonchev–Trinajstić information content (AvgIpc) is 3.01. The number of ether oxygens (including phenoxy) is 2. The Balaban J connectivity index is 1.54. The Kier molecular flexibility index (Phi) is 5.70. The number of H-pyrrole nitrogens is 2. The van der Waals surface area contributed by atoms with Crippen molar-refractivity contribution in [2.75, 3.05) is 11.9 Å². The van der Waals surface area contributed by atoms with Crippen LogP contribution in [0.25, 0.3) is 11.0 Å². The monoisotopic (exact) mass is 403 g/mol. The van der Waals surface area contributed by atoms with Gasteiger partial charge in [0.1, 0.15) is 5.75 Å². The predicted octanol–water partition coefficient (Wildman–Crippen LogP) is 2.77. The summed E-state index contributed by atoms with van der Waals surface area (Å²) in [5.41, 5.74) is 2.22. The fourth-order valence-corrected chi connectivity index (χ4v) is 2.67. The van der Waals surface area contributed by atoms with Crippen LogP contribution in [-0.2, 0) is 14.3 Å². The maximum absolute atomic E-state index is 12.2. The molecule has 2 aromatic carbocycles. The number of rotatable bonds is 6. The van der Waals surface area contributed by atoms with Gasteiger partial charge in [-0.05, 0) is 49.7 Å². The van der Waals surface area contributed by atoms with Crippen LogP contribution in [0.4, 0.5) is 5.69 Å². The number of nitrogens with one attached hydrogen (secondary N) is 3. The second-order valence-corrected chi connectivity index (χ2v) is 6.59. The largest absolute Gasteiger partial charge is 0.480 e. The molecule has 146 valence electrons. The van der Waals surface area contributed by atoms with E-state index in [0.29, 0.717) is 27.5 Å². The molecule has 3 N–H and O–H groups in total. The molecule has 0 fully saturated rings. The average molecular weight is 404 g/mol. The van der Waals surface area contributed by atoms with E-state index in [-0.39, 0.29) is 12.3 Å². The van der Waals surface area contributed by atoms with E-state index in [0.717, 1.165) is 5.56 Å². The fourth-order valence-electron chi connectivity index (χ4n) is 2.50. The van der Waals surface area contributed by atoms with Crippen molar-refractivity contribution in [2.45, 2.75) is 20.0 Å². The quantitative estimate of drug-likeness (QED) is 0.548. The minimum Gasteiger partial charge on any atom is -0.480 e. The first kappa shape index (κ1) is 19.5. The number of hydrogen-bond donors (Lipinski definition) is 3. The van der Waals surface area contributed by atoms with Crippen LogP contribution >= 0.6 is 11.6 Å². The van der Waals surface area contributed by atoms with Crippen molar-refractivity contribution < 1.29 is 19.1 Å². The molecule has 0 aliphatic rings. The summed E-state index contributed by atoms with van der Waals surface area (Å²) in [4.78, 5) is 40.7. The van der Waals surface area contributed by atoms with Gasteiger partial charge in [-0.25, -0.2) is 9.59 Å². The summed E-state index contributed by atoms with van der Waals surface area (Å²) in [6, 6.07) is 10.1. The molecule has 1 heterocycles. The second kappa shape index (κ2) is 8.18. The molecule has 3 aromatic rings. The van der Waals surface area contributed by atoms with Gasteiger partial charge in [0, 0.05) is 5.69 Å². The maximum Gasteiger partial charge on any atom is 0.344 e. The molecule has 0 aliphatic carbocycles. The Morgan fingerprint density at radius 1 is 1.14 bits per heavy atom. The molecule has 3 rings (SSSR count). The van der Waals surface area contributed by atoms with Gasteiger partial charge < -0.3 is 24.8 Å². The predicted molar refractivity (Wildman–Crippen MR) is 105 cm³/mol. The summed E-state index contributed by atoms with van der Waals surface area (Å²) in [5.74, 6) is -0.852. The van der Waals surface area contributed by atoms with Gasteiger partial charge in [-0.3, -0.25) is 4.79 Å². The number of aryl methyl sites for hydroxylation is 1. The number of benzene rings is 2. The maximum atomic E-state index is 12.2. The standard InChI is InChI=1S/C19H18ClN3O5/c1-10-3-5-13(20)16(7-10)27-9-17(24)28-11(2)18(25)21-12-4-6-14-15(8-12)23-19(26)22-14/h3-8,11H,9H2,1-2H3,(H,21,25)(H2,22,23,26)/t11-/m0/s1. The van der Waals surface area contributed by atoms with E-state index >= 15 is 0 Å². The lowest BCUT2D eigenvalue weighted by molar-refractivity contribution is -0.155. The number of carbonyl (C=O) groups is 2. The van der Waals surface area contributed by atoms with Gasteiger partial charge in [0.05, 0.1) is 16.1 Å². The van der Waals surface area contributed by atoms with Crippen LogP contribution in [0.15, 0.2) is 41.2 Å². The molecular formula is C19H18ClN3O5. The van der Waals surface area contributed by atoms with Crippen LogP contribution in [0.1, 0.15) is 12.5 Å². The zero-order valence-electron chi connectivity index (χ0n) is 15.2. The number of carbonyl (C=O) groups excluding carboxylic acids is 2. The molecular weight excluding hydrogens is 386 g/mol. The number of esters is 1. The van der Waals surface area contributed by atoms with Crippen molar-refractivity contribution in [2.24, 2.45) is 0 Å². The number of fused-ring (bicyclic) bond motifs is 1. The van der Waals surface area contributed by atoms with Gasteiger partial charge in [0.2, 0.25) is 0 Å². The number of hydrogen-bond acceptors (Lipinski definition) is 5.